The second-order valence-electron chi connectivity index (χ2n) is 5.92. The first-order valence-corrected chi connectivity index (χ1v) is 8.49. The van der Waals surface area contributed by atoms with Crippen molar-refractivity contribution in [2.45, 2.75) is 6.42 Å². The summed E-state index contributed by atoms with van der Waals surface area (Å²) < 4.78 is 5.20. The minimum absolute atomic E-state index is 0.159. The second-order valence-corrected chi connectivity index (χ2v) is 5.92. The standard InChI is InChI=1S/C23H21NO2/c1-26-21-12-7-10-19(17-21)14-15-23(25)24-22-13-6-5-11-20(22)16-18-8-3-2-4-9-18/h2-15,17H,16H2,1H3,(H,24,25). The lowest BCUT2D eigenvalue weighted by molar-refractivity contribution is -0.111. The number of ether oxygens (including phenoxy) is 1. The molecule has 26 heavy (non-hydrogen) atoms. The Labute approximate surface area is 154 Å². The van der Waals surface area contributed by atoms with Crippen LogP contribution in [-0.2, 0) is 11.2 Å². The van der Waals surface area contributed by atoms with Gasteiger partial charge in [-0.3, -0.25) is 4.79 Å². The Bertz CT molecular complexity index is 901. The highest BCUT2D eigenvalue weighted by Gasteiger charge is 2.05. The summed E-state index contributed by atoms with van der Waals surface area (Å²) in [6, 6.07) is 25.7. The van der Waals surface area contributed by atoms with Crippen LogP contribution in [0.3, 0.4) is 0 Å². The van der Waals surface area contributed by atoms with E-state index in [1.165, 1.54) is 11.6 Å². The number of nitrogens with one attached hydrogen (secondary N) is 1. The maximum absolute atomic E-state index is 12.3. The van der Waals surface area contributed by atoms with Gasteiger partial charge >= 0.3 is 0 Å². The predicted octanol–water partition coefficient (Wildman–Crippen LogP) is 4.94. The fraction of sp³-hybridized carbons (Fsp3) is 0.0870. The molecule has 0 unspecified atom stereocenters. The van der Waals surface area contributed by atoms with E-state index in [0.717, 1.165) is 29.0 Å². The normalized spacial score (nSPS) is 10.7. The van der Waals surface area contributed by atoms with Crippen molar-refractivity contribution in [3.63, 3.8) is 0 Å². The van der Waals surface area contributed by atoms with Crippen LogP contribution in [0.25, 0.3) is 6.08 Å². The largest absolute Gasteiger partial charge is 0.497 e. The van der Waals surface area contributed by atoms with E-state index in [4.69, 9.17) is 4.74 Å². The lowest BCUT2D eigenvalue weighted by atomic mass is 10.0. The van der Waals surface area contributed by atoms with Crippen molar-refractivity contribution in [1.29, 1.82) is 0 Å². The van der Waals surface area contributed by atoms with Gasteiger partial charge in [0.05, 0.1) is 7.11 Å². The molecule has 3 heteroatoms. The van der Waals surface area contributed by atoms with Crippen LogP contribution < -0.4 is 10.1 Å². The number of anilines is 1. The molecule has 3 nitrogen and oxygen atoms in total. The van der Waals surface area contributed by atoms with Gasteiger partial charge in [-0.2, -0.15) is 0 Å². The van der Waals surface area contributed by atoms with Crippen molar-refractivity contribution in [2.75, 3.05) is 12.4 Å². The minimum Gasteiger partial charge on any atom is -0.497 e. The van der Waals surface area contributed by atoms with Gasteiger partial charge < -0.3 is 10.1 Å². The van der Waals surface area contributed by atoms with Gasteiger partial charge in [-0.15, -0.1) is 0 Å². The van der Waals surface area contributed by atoms with E-state index in [2.05, 4.69) is 17.4 Å². The molecule has 0 bridgehead atoms. The van der Waals surface area contributed by atoms with E-state index in [0.29, 0.717) is 0 Å². The molecule has 0 aromatic heterocycles. The highest BCUT2D eigenvalue weighted by atomic mass is 16.5. The molecular formula is C23H21NO2. The zero-order valence-electron chi connectivity index (χ0n) is 14.7. The molecular weight excluding hydrogens is 322 g/mol. The van der Waals surface area contributed by atoms with E-state index < -0.39 is 0 Å². The third-order valence-corrected chi connectivity index (χ3v) is 4.03. The molecule has 0 fully saturated rings. The van der Waals surface area contributed by atoms with E-state index in [1.807, 2.05) is 66.7 Å². The number of methoxy groups -OCH3 is 1. The summed E-state index contributed by atoms with van der Waals surface area (Å²) in [6.07, 6.45) is 4.09. The van der Waals surface area contributed by atoms with Crippen molar-refractivity contribution >= 4 is 17.7 Å². The summed E-state index contributed by atoms with van der Waals surface area (Å²) in [4.78, 5) is 12.3. The number of carbonyl (C=O) groups is 1. The first-order valence-electron chi connectivity index (χ1n) is 8.49. The van der Waals surface area contributed by atoms with Gasteiger partial charge in [0.1, 0.15) is 5.75 Å². The molecule has 130 valence electrons. The third kappa shape index (κ3) is 4.84. The van der Waals surface area contributed by atoms with Gasteiger partial charge in [-0.05, 0) is 47.4 Å². The van der Waals surface area contributed by atoms with E-state index in [-0.39, 0.29) is 5.91 Å². The highest BCUT2D eigenvalue weighted by Crippen LogP contribution is 2.19. The second kappa shape index (κ2) is 8.67. The van der Waals surface area contributed by atoms with Crippen LogP contribution in [-0.4, -0.2) is 13.0 Å². The third-order valence-electron chi connectivity index (χ3n) is 4.03. The fourth-order valence-electron chi connectivity index (χ4n) is 2.70. The number of carbonyl (C=O) groups excluding carboxylic acids is 1. The predicted molar refractivity (Wildman–Crippen MR) is 106 cm³/mol. The Morgan fingerprint density at radius 3 is 2.54 bits per heavy atom. The van der Waals surface area contributed by atoms with Gasteiger partial charge in [0.2, 0.25) is 5.91 Å². The van der Waals surface area contributed by atoms with Gasteiger partial charge in [0.25, 0.3) is 0 Å². The van der Waals surface area contributed by atoms with Crippen molar-refractivity contribution in [3.05, 3.63) is 102 Å². The zero-order chi connectivity index (χ0) is 18.2. The first kappa shape index (κ1) is 17.5. The average Bonchev–Trinajstić information content (AvgIpc) is 2.69. The lowest BCUT2D eigenvalue weighted by Gasteiger charge is -2.10. The Kier molecular flexibility index (Phi) is 5.84. The molecule has 0 heterocycles. The van der Waals surface area contributed by atoms with Crippen LogP contribution in [0.15, 0.2) is 84.9 Å². The molecule has 3 rings (SSSR count). The Balaban J connectivity index is 1.70. The van der Waals surface area contributed by atoms with Gasteiger partial charge in [0.15, 0.2) is 0 Å². The van der Waals surface area contributed by atoms with Crippen LogP contribution in [0.1, 0.15) is 16.7 Å². The molecule has 0 aliphatic rings. The van der Waals surface area contributed by atoms with Crippen molar-refractivity contribution in [3.8, 4) is 5.75 Å². The fourth-order valence-corrected chi connectivity index (χ4v) is 2.70. The summed E-state index contributed by atoms with van der Waals surface area (Å²) in [6.45, 7) is 0. The first-order chi connectivity index (χ1) is 12.7. The maximum atomic E-state index is 12.3. The molecule has 0 aliphatic heterocycles. The van der Waals surface area contributed by atoms with Gasteiger partial charge in [-0.25, -0.2) is 0 Å². The lowest BCUT2D eigenvalue weighted by Crippen LogP contribution is -2.10. The molecule has 1 amide bonds. The van der Waals surface area contributed by atoms with Gasteiger partial charge in [-0.1, -0.05) is 60.7 Å². The molecule has 3 aromatic carbocycles. The number of hydrogen-bond donors (Lipinski definition) is 1. The highest BCUT2D eigenvalue weighted by molar-refractivity contribution is 6.02. The SMILES string of the molecule is COc1cccc(C=CC(=O)Nc2ccccc2Cc2ccccc2)c1. The number of rotatable bonds is 6. The van der Waals surface area contributed by atoms with E-state index in [9.17, 15) is 4.79 Å². The molecule has 3 aromatic rings. The van der Waals surface area contributed by atoms with Crippen LogP contribution in [0.2, 0.25) is 0 Å². The number of amides is 1. The summed E-state index contributed by atoms with van der Waals surface area (Å²) in [5.74, 6) is 0.606. The van der Waals surface area contributed by atoms with Gasteiger partial charge in [0, 0.05) is 11.8 Å². The topological polar surface area (TPSA) is 38.3 Å². The minimum atomic E-state index is -0.159. The number of para-hydroxylation sites is 1. The Morgan fingerprint density at radius 2 is 1.73 bits per heavy atom. The number of hydrogen-bond acceptors (Lipinski definition) is 2. The molecule has 0 saturated carbocycles. The maximum Gasteiger partial charge on any atom is 0.248 e. The van der Waals surface area contributed by atoms with Crippen LogP contribution in [0.5, 0.6) is 5.75 Å². The van der Waals surface area contributed by atoms with Crippen molar-refractivity contribution in [2.24, 2.45) is 0 Å². The van der Waals surface area contributed by atoms with Crippen molar-refractivity contribution < 1.29 is 9.53 Å². The zero-order valence-corrected chi connectivity index (χ0v) is 14.7. The smallest absolute Gasteiger partial charge is 0.248 e. The summed E-state index contributed by atoms with van der Waals surface area (Å²) >= 11 is 0. The van der Waals surface area contributed by atoms with Crippen LogP contribution in [0.4, 0.5) is 5.69 Å². The summed E-state index contributed by atoms with van der Waals surface area (Å²) in [5.41, 5.74) is 4.04. The number of benzene rings is 3. The van der Waals surface area contributed by atoms with E-state index >= 15 is 0 Å². The quantitative estimate of drug-likeness (QED) is 0.644. The average molecular weight is 343 g/mol. The van der Waals surface area contributed by atoms with E-state index in [1.54, 1.807) is 13.2 Å². The molecule has 0 aliphatic carbocycles. The molecule has 1 N–H and O–H groups in total. The molecule has 0 saturated heterocycles. The summed E-state index contributed by atoms with van der Waals surface area (Å²) in [7, 11) is 1.62. The monoisotopic (exact) mass is 343 g/mol. The Hall–Kier alpha value is -3.33. The summed E-state index contributed by atoms with van der Waals surface area (Å²) in [5, 5.41) is 2.97. The van der Waals surface area contributed by atoms with Crippen molar-refractivity contribution in [1.82, 2.24) is 0 Å². The molecule has 0 spiro atoms. The van der Waals surface area contributed by atoms with Crippen LogP contribution >= 0.6 is 0 Å². The Morgan fingerprint density at radius 1 is 0.962 bits per heavy atom. The molecule has 0 atom stereocenters. The molecule has 0 radical (unpaired) electrons. The van der Waals surface area contributed by atoms with Crippen LogP contribution in [0, 0.1) is 0 Å².